The first-order valence-corrected chi connectivity index (χ1v) is 13.1. The van der Waals surface area contributed by atoms with E-state index in [1.807, 2.05) is 19.2 Å². The zero-order chi connectivity index (χ0) is 23.7. The third-order valence-electron chi connectivity index (χ3n) is 5.11. The number of carboxylic acid groups (broad SMARTS) is 1. The molecule has 1 amide bonds. The number of benzene rings is 2. The minimum atomic E-state index is -1.09. The van der Waals surface area contributed by atoms with Gasteiger partial charge < -0.3 is 20.8 Å². The van der Waals surface area contributed by atoms with Gasteiger partial charge in [0.2, 0.25) is 0 Å². The summed E-state index contributed by atoms with van der Waals surface area (Å²) in [4.78, 5) is 24.2. The highest BCUT2D eigenvalue weighted by atomic mass is 35.5. The predicted octanol–water partition coefficient (Wildman–Crippen LogP) is 4.25. The second-order valence-corrected chi connectivity index (χ2v) is 10.8. The Balaban J connectivity index is 2.04. The van der Waals surface area contributed by atoms with Crippen LogP contribution in [0.15, 0.2) is 36.4 Å². The Labute approximate surface area is 200 Å². The van der Waals surface area contributed by atoms with Crippen LogP contribution in [0.1, 0.15) is 35.2 Å². The lowest BCUT2D eigenvalue weighted by molar-refractivity contribution is -0.139. The molecule has 2 atom stereocenters. The second-order valence-electron chi connectivity index (χ2n) is 7.59. The molecule has 0 heterocycles. The molecule has 0 aliphatic rings. The Morgan fingerprint density at radius 3 is 2.41 bits per heavy atom. The van der Waals surface area contributed by atoms with Crippen LogP contribution in [-0.4, -0.2) is 54.6 Å². The van der Waals surface area contributed by atoms with E-state index in [0.29, 0.717) is 19.3 Å². The van der Waals surface area contributed by atoms with E-state index in [4.69, 9.17) is 23.2 Å². The molecule has 0 aliphatic carbocycles. The average Bonchev–Trinajstić information content (AvgIpc) is 2.73. The Hall–Kier alpha value is -1.85. The fraction of sp³-hybridized carbons (Fsp3) is 0.391. The number of aryl methyl sites for hydroxylation is 1. The molecule has 2 aromatic carbocycles. The molecular formula is C23H29Cl2N2O4P. The fourth-order valence-electron chi connectivity index (χ4n) is 3.28. The van der Waals surface area contributed by atoms with E-state index < -0.39 is 25.8 Å². The maximum atomic E-state index is 12.7. The van der Waals surface area contributed by atoms with Crippen LogP contribution in [0.5, 0.6) is 5.75 Å². The minimum Gasteiger partial charge on any atom is -0.508 e. The molecule has 0 spiro atoms. The molecular weight excluding hydrogens is 470 g/mol. The third kappa shape index (κ3) is 7.93. The molecule has 6 nitrogen and oxygen atoms in total. The molecule has 2 unspecified atom stereocenters. The van der Waals surface area contributed by atoms with Crippen molar-refractivity contribution in [3.8, 4) is 5.75 Å². The second kappa shape index (κ2) is 13.0. The molecule has 32 heavy (non-hydrogen) atoms. The molecule has 0 aromatic heterocycles. The molecule has 9 heteroatoms. The van der Waals surface area contributed by atoms with Gasteiger partial charge >= 0.3 is 5.97 Å². The Bertz CT molecular complexity index is 919. The topological polar surface area (TPSA) is 98.7 Å². The molecule has 2 rings (SSSR count). The monoisotopic (exact) mass is 498 g/mol. The van der Waals surface area contributed by atoms with Gasteiger partial charge in [0.15, 0.2) is 0 Å². The van der Waals surface area contributed by atoms with Gasteiger partial charge in [-0.05, 0) is 87.2 Å². The normalized spacial score (nSPS) is 12.9. The van der Waals surface area contributed by atoms with Crippen molar-refractivity contribution < 1.29 is 19.8 Å². The van der Waals surface area contributed by atoms with E-state index in [1.54, 1.807) is 24.3 Å². The highest BCUT2D eigenvalue weighted by molar-refractivity contribution is 7.64. The van der Waals surface area contributed by atoms with Crippen molar-refractivity contribution in [1.29, 1.82) is 0 Å². The Morgan fingerprint density at radius 2 is 1.81 bits per heavy atom. The number of phenols is 1. The van der Waals surface area contributed by atoms with Crippen molar-refractivity contribution in [2.45, 2.75) is 31.7 Å². The summed E-state index contributed by atoms with van der Waals surface area (Å²) in [7, 11) is 1.35. The van der Waals surface area contributed by atoms with Crippen LogP contribution < -0.4 is 15.9 Å². The van der Waals surface area contributed by atoms with Gasteiger partial charge in [-0.2, -0.15) is 0 Å². The maximum Gasteiger partial charge on any atom is 0.326 e. The third-order valence-corrected chi connectivity index (χ3v) is 7.76. The lowest BCUT2D eigenvalue weighted by Crippen LogP contribution is -2.41. The molecule has 2 aromatic rings. The minimum absolute atomic E-state index is 0.0882. The number of carboxylic acids is 1. The average molecular weight is 499 g/mol. The number of hydrogen-bond acceptors (Lipinski definition) is 4. The smallest absolute Gasteiger partial charge is 0.326 e. The van der Waals surface area contributed by atoms with Crippen LogP contribution in [0.2, 0.25) is 10.0 Å². The summed E-state index contributed by atoms with van der Waals surface area (Å²) >= 11 is 12.7. The number of carbonyl (C=O) groups excluding carboxylic acids is 1. The number of nitrogens with one attached hydrogen (secondary N) is 2. The summed E-state index contributed by atoms with van der Waals surface area (Å²) in [6.45, 7) is 2.92. The van der Waals surface area contributed by atoms with E-state index in [0.717, 1.165) is 30.0 Å². The quantitative estimate of drug-likeness (QED) is 0.259. The fourth-order valence-corrected chi connectivity index (χ4v) is 5.53. The number of aliphatic carboxylic acids is 1. The van der Waals surface area contributed by atoms with E-state index in [2.05, 4.69) is 17.3 Å². The van der Waals surface area contributed by atoms with Gasteiger partial charge in [0.25, 0.3) is 5.91 Å². The predicted molar refractivity (Wildman–Crippen MR) is 132 cm³/mol. The first kappa shape index (κ1) is 26.4. The number of phenolic OH excluding ortho intramolecular Hbond substituents is 1. The number of aromatic hydroxyl groups is 1. The number of amides is 1. The van der Waals surface area contributed by atoms with Crippen molar-refractivity contribution in [2.24, 2.45) is 0 Å². The van der Waals surface area contributed by atoms with Crippen molar-refractivity contribution in [3.63, 3.8) is 0 Å². The Morgan fingerprint density at radius 1 is 1.12 bits per heavy atom. The van der Waals surface area contributed by atoms with E-state index in [1.165, 1.54) is 0 Å². The van der Waals surface area contributed by atoms with Crippen molar-refractivity contribution in [1.82, 2.24) is 10.6 Å². The molecule has 0 fully saturated rings. The number of carbonyl (C=O) groups is 2. The van der Waals surface area contributed by atoms with Crippen molar-refractivity contribution in [2.75, 3.05) is 26.4 Å². The van der Waals surface area contributed by atoms with E-state index in [-0.39, 0.29) is 21.4 Å². The highest BCUT2D eigenvalue weighted by Crippen LogP contribution is 2.33. The molecule has 0 saturated heterocycles. The molecule has 0 saturated carbocycles. The van der Waals surface area contributed by atoms with E-state index in [9.17, 15) is 19.8 Å². The summed E-state index contributed by atoms with van der Waals surface area (Å²) in [6, 6.07) is 9.65. The lowest BCUT2D eigenvalue weighted by atomic mass is 10.1. The van der Waals surface area contributed by atoms with Crippen LogP contribution in [0.3, 0.4) is 0 Å². The maximum absolute atomic E-state index is 12.7. The number of hydrogen-bond donors (Lipinski definition) is 4. The van der Waals surface area contributed by atoms with Gasteiger partial charge in [-0.1, -0.05) is 43.3 Å². The highest BCUT2D eigenvalue weighted by Gasteiger charge is 2.23. The van der Waals surface area contributed by atoms with Gasteiger partial charge in [-0.15, -0.1) is 0 Å². The first-order chi connectivity index (χ1) is 15.2. The Kier molecular flexibility index (Phi) is 10.7. The summed E-state index contributed by atoms with van der Waals surface area (Å²) in [6.07, 6.45) is 3.38. The van der Waals surface area contributed by atoms with Gasteiger partial charge in [-0.3, -0.25) is 4.79 Å². The van der Waals surface area contributed by atoms with Crippen LogP contribution >= 0.6 is 31.1 Å². The molecule has 0 aliphatic heterocycles. The van der Waals surface area contributed by atoms with Crippen LogP contribution in [-0.2, 0) is 11.2 Å². The van der Waals surface area contributed by atoms with Gasteiger partial charge in [0, 0.05) is 0 Å². The lowest BCUT2D eigenvalue weighted by Gasteiger charge is -2.17. The summed E-state index contributed by atoms with van der Waals surface area (Å²) in [5.74, 6) is -1.43. The molecule has 174 valence electrons. The number of unbranched alkanes of at least 4 members (excludes halogenated alkanes) is 1. The molecule has 0 radical (unpaired) electrons. The van der Waals surface area contributed by atoms with Crippen molar-refractivity contribution in [3.05, 3.63) is 57.6 Å². The van der Waals surface area contributed by atoms with Gasteiger partial charge in [0.05, 0.1) is 15.6 Å². The van der Waals surface area contributed by atoms with Crippen LogP contribution in [0.4, 0.5) is 0 Å². The number of rotatable bonds is 12. The van der Waals surface area contributed by atoms with Gasteiger partial charge in [0.1, 0.15) is 11.8 Å². The van der Waals surface area contributed by atoms with Crippen LogP contribution in [0.25, 0.3) is 0 Å². The van der Waals surface area contributed by atoms with E-state index >= 15 is 0 Å². The molecule has 0 bridgehead atoms. The first-order valence-electron chi connectivity index (χ1n) is 10.4. The zero-order valence-corrected chi connectivity index (χ0v) is 20.6. The van der Waals surface area contributed by atoms with Crippen LogP contribution in [0, 0.1) is 0 Å². The van der Waals surface area contributed by atoms with Crippen molar-refractivity contribution >= 4 is 48.3 Å². The summed E-state index contributed by atoms with van der Waals surface area (Å²) in [5, 5.41) is 26.1. The SMILES string of the molecule is CNCCCCC(NC(=O)c1c(Cl)cc(CCP(C)c2cccc(O)c2)cc1Cl)C(=O)O. The molecule has 4 N–H and O–H groups in total. The standard InChI is InChI=1S/C23H29Cl2N2O4P/c1-26-10-4-3-8-20(23(30)31)27-22(29)21-18(24)12-15(13-19(21)25)9-11-32(2)17-7-5-6-16(28)14-17/h5-7,12-14,20,26,28H,3-4,8-11H2,1-2H3,(H,27,29)(H,30,31). The summed E-state index contributed by atoms with van der Waals surface area (Å²) in [5.41, 5.74) is 0.984. The van der Waals surface area contributed by atoms with Gasteiger partial charge in [-0.25, -0.2) is 4.79 Å². The summed E-state index contributed by atoms with van der Waals surface area (Å²) < 4.78 is 0. The number of halogens is 2. The largest absolute Gasteiger partial charge is 0.508 e. The zero-order valence-electron chi connectivity index (χ0n) is 18.2.